The number of nitrogens with one attached hydrogen (secondary N) is 1. The van der Waals surface area contributed by atoms with Crippen LogP contribution in [0.4, 0.5) is 10.5 Å². The summed E-state index contributed by atoms with van der Waals surface area (Å²) in [5, 5.41) is 2.98. The highest BCUT2D eigenvalue weighted by Gasteiger charge is 2.28. The SMILES string of the molecule is COCCOc1ccc(NC(=O)N2CCCCC(N3CCN(C)CC3)C2)cn1. The Bertz CT molecular complexity index is 604. The summed E-state index contributed by atoms with van der Waals surface area (Å²) < 4.78 is 10.4. The number of likely N-dealkylation sites (tertiary alicyclic amines) is 1. The molecule has 2 fully saturated rings. The van der Waals surface area contributed by atoms with Gasteiger partial charge in [0.1, 0.15) is 6.61 Å². The van der Waals surface area contributed by atoms with E-state index >= 15 is 0 Å². The summed E-state index contributed by atoms with van der Waals surface area (Å²) in [4.78, 5) is 23.9. The maximum atomic E-state index is 12.8. The van der Waals surface area contributed by atoms with Gasteiger partial charge in [0.2, 0.25) is 5.88 Å². The number of nitrogens with zero attached hydrogens (tertiary/aromatic N) is 4. The van der Waals surface area contributed by atoms with Crippen LogP contribution in [0.1, 0.15) is 19.3 Å². The van der Waals surface area contributed by atoms with Gasteiger partial charge >= 0.3 is 6.03 Å². The van der Waals surface area contributed by atoms with Crippen molar-refractivity contribution in [1.82, 2.24) is 19.7 Å². The second-order valence-corrected chi connectivity index (χ2v) is 7.59. The number of ether oxygens (including phenoxy) is 2. The van der Waals surface area contributed by atoms with Crippen LogP contribution in [0.5, 0.6) is 5.88 Å². The van der Waals surface area contributed by atoms with E-state index in [-0.39, 0.29) is 6.03 Å². The van der Waals surface area contributed by atoms with Gasteiger partial charge in [-0.05, 0) is 26.0 Å². The monoisotopic (exact) mass is 391 g/mol. The minimum absolute atomic E-state index is 0.0455. The summed E-state index contributed by atoms with van der Waals surface area (Å²) in [5.74, 6) is 0.528. The first-order valence-corrected chi connectivity index (χ1v) is 10.2. The molecule has 1 aromatic heterocycles. The smallest absolute Gasteiger partial charge is 0.321 e. The number of methoxy groups -OCH3 is 1. The highest BCUT2D eigenvalue weighted by atomic mass is 16.5. The third kappa shape index (κ3) is 6.05. The summed E-state index contributed by atoms with van der Waals surface area (Å²) in [6, 6.07) is 4.00. The largest absolute Gasteiger partial charge is 0.475 e. The number of rotatable bonds is 6. The minimum Gasteiger partial charge on any atom is -0.475 e. The second-order valence-electron chi connectivity index (χ2n) is 7.59. The summed E-state index contributed by atoms with van der Waals surface area (Å²) in [6.07, 6.45) is 5.04. The van der Waals surface area contributed by atoms with Crippen molar-refractivity contribution >= 4 is 11.7 Å². The van der Waals surface area contributed by atoms with Crippen LogP contribution in [0.25, 0.3) is 0 Å². The molecule has 1 N–H and O–H groups in total. The van der Waals surface area contributed by atoms with Crippen molar-refractivity contribution < 1.29 is 14.3 Å². The molecule has 2 aliphatic rings. The number of hydrogen-bond acceptors (Lipinski definition) is 6. The number of carbonyl (C=O) groups is 1. The Labute approximate surface area is 167 Å². The van der Waals surface area contributed by atoms with Gasteiger partial charge in [0, 0.05) is 58.5 Å². The third-order valence-electron chi connectivity index (χ3n) is 5.51. The second kappa shape index (κ2) is 10.6. The number of amides is 2. The lowest BCUT2D eigenvalue weighted by molar-refractivity contribution is 0.0948. The standard InChI is InChI=1S/C20H33N5O3/c1-23-9-11-24(12-10-23)18-5-3-4-8-25(16-18)20(26)22-17-6-7-19(21-15-17)28-14-13-27-2/h6-7,15,18H,3-5,8-14,16H2,1-2H3,(H,22,26). The molecule has 1 atom stereocenters. The lowest BCUT2D eigenvalue weighted by atomic mass is 10.1. The lowest BCUT2D eigenvalue weighted by Crippen LogP contribution is -2.52. The molecule has 3 rings (SSSR count). The fourth-order valence-corrected chi connectivity index (χ4v) is 3.76. The molecular weight excluding hydrogens is 358 g/mol. The molecule has 0 spiro atoms. The van der Waals surface area contributed by atoms with Crippen LogP contribution in [-0.2, 0) is 4.74 Å². The van der Waals surface area contributed by atoms with Crippen LogP contribution < -0.4 is 10.1 Å². The maximum Gasteiger partial charge on any atom is 0.321 e. The van der Waals surface area contributed by atoms with E-state index < -0.39 is 0 Å². The molecular formula is C20H33N5O3. The average molecular weight is 392 g/mol. The van der Waals surface area contributed by atoms with E-state index in [1.807, 2.05) is 11.0 Å². The Balaban J connectivity index is 1.52. The first kappa shape index (κ1) is 20.8. The normalized spacial score (nSPS) is 21.9. The van der Waals surface area contributed by atoms with E-state index in [1.54, 1.807) is 19.4 Å². The Morgan fingerprint density at radius 3 is 2.71 bits per heavy atom. The van der Waals surface area contributed by atoms with Crippen molar-refractivity contribution in [1.29, 1.82) is 0 Å². The van der Waals surface area contributed by atoms with E-state index in [1.165, 1.54) is 12.8 Å². The van der Waals surface area contributed by atoms with Gasteiger partial charge in [0.25, 0.3) is 0 Å². The first-order valence-electron chi connectivity index (χ1n) is 10.2. The molecule has 0 bridgehead atoms. The topological polar surface area (TPSA) is 70.2 Å². The predicted molar refractivity (Wildman–Crippen MR) is 109 cm³/mol. The number of likely N-dealkylation sites (N-methyl/N-ethyl adjacent to an activating group) is 1. The number of anilines is 1. The molecule has 2 amide bonds. The maximum absolute atomic E-state index is 12.8. The van der Waals surface area contributed by atoms with Gasteiger partial charge in [-0.3, -0.25) is 4.90 Å². The Morgan fingerprint density at radius 1 is 1.18 bits per heavy atom. The lowest BCUT2D eigenvalue weighted by Gasteiger charge is -2.39. The van der Waals surface area contributed by atoms with Crippen LogP contribution in [0, 0.1) is 0 Å². The number of piperazine rings is 1. The zero-order valence-electron chi connectivity index (χ0n) is 17.1. The molecule has 8 heteroatoms. The number of urea groups is 1. The van der Waals surface area contributed by atoms with Gasteiger partial charge in [-0.1, -0.05) is 6.42 Å². The zero-order chi connectivity index (χ0) is 19.8. The molecule has 2 aliphatic heterocycles. The number of aromatic nitrogens is 1. The fraction of sp³-hybridized carbons (Fsp3) is 0.700. The van der Waals surface area contributed by atoms with Crippen molar-refractivity contribution in [3.05, 3.63) is 18.3 Å². The van der Waals surface area contributed by atoms with E-state index in [0.717, 1.165) is 45.7 Å². The Kier molecular flexibility index (Phi) is 7.88. The third-order valence-corrected chi connectivity index (χ3v) is 5.51. The molecule has 0 aromatic carbocycles. The van der Waals surface area contributed by atoms with Crippen LogP contribution in [0.2, 0.25) is 0 Å². The quantitative estimate of drug-likeness (QED) is 0.745. The highest BCUT2D eigenvalue weighted by Crippen LogP contribution is 2.19. The van der Waals surface area contributed by atoms with E-state index in [4.69, 9.17) is 9.47 Å². The van der Waals surface area contributed by atoms with Gasteiger partial charge < -0.3 is 24.6 Å². The van der Waals surface area contributed by atoms with Crippen molar-refractivity contribution in [2.75, 3.05) is 72.0 Å². The number of carbonyl (C=O) groups excluding carboxylic acids is 1. The number of pyridine rings is 1. The number of hydrogen-bond donors (Lipinski definition) is 1. The minimum atomic E-state index is -0.0455. The molecule has 2 saturated heterocycles. The highest BCUT2D eigenvalue weighted by molar-refractivity contribution is 5.89. The van der Waals surface area contributed by atoms with E-state index in [9.17, 15) is 4.79 Å². The van der Waals surface area contributed by atoms with Crippen molar-refractivity contribution in [3.8, 4) is 5.88 Å². The van der Waals surface area contributed by atoms with Gasteiger partial charge in [-0.2, -0.15) is 0 Å². The van der Waals surface area contributed by atoms with Crippen LogP contribution in [0.3, 0.4) is 0 Å². The van der Waals surface area contributed by atoms with Crippen molar-refractivity contribution in [2.24, 2.45) is 0 Å². The molecule has 0 aliphatic carbocycles. The molecule has 1 unspecified atom stereocenters. The summed E-state index contributed by atoms with van der Waals surface area (Å²) in [6.45, 7) is 6.96. The molecule has 0 radical (unpaired) electrons. The van der Waals surface area contributed by atoms with Gasteiger partial charge in [-0.25, -0.2) is 9.78 Å². The molecule has 1 aromatic rings. The van der Waals surface area contributed by atoms with Crippen molar-refractivity contribution in [2.45, 2.75) is 25.3 Å². The predicted octanol–water partition coefficient (Wildman–Crippen LogP) is 1.74. The fourth-order valence-electron chi connectivity index (χ4n) is 3.76. The summed E-state index contributed by atoms with van der Waals surface area (Å²) >= 11 is 0. The van der Waals surface area contributed by atoms with Gasteiger partial charge in [0.05, 0.1) is 18.5 Å². The molecule has 156 valence electrons. The van der Waals surface area contributed by atoms with Crippen molar-refractivity contribution in [3.63, 3.8) is 0 Å². The van der Waals surface area contributed by atoms with Crippen LogP contribution in [0.15, 0.2) is 18.3 Å². The summed E-state index contributed by atoms with van der Waals surface area (Å²) in [7, 11) is 3.80. The summed E-state index contributed by atoms with van der Waals surface area (Å²) in [5.41, 5.74) is 0.685. The van der Waals surface area contributed by atoms with Gasteiger partial charge in [0.15, 0.2) is 0 Å². The average Bonchev–Trinajstić information content (AvgIpc) is 2.96. The first-order chi connectivity index (χ1) is 13.7. The van der Waals surface area contributed by atoms with E-state index in [2.05, 4.69) is 27.1 Å². The van der Waals surface area contributed by atoms with Crippen LogP contribution in [-0.4, -0.2) is 98.4 Å². The molecule has 28 heavy (non-hydrogen) atoms. The van der Waals surface area contributed by atoms with Gasteiger partial charge in [-0.15, -0.1) is 0 Å². The molecule has 8 nitrogen and oxygen atoms in total. The van der Waals surface area contributed by atoms with Crippen LogP contribution >= 0.6 is 0 Å². The Morgan fingerprint density at radius 2 is 2.00 bits per heavy atom. The zero-order valence-corrected chi connectivity index (χ0v) is 17.1. The molecule has 0 saturated carbocycles. The molecule has 3 heterocycles. The Hall–Kier alpha value is -1.90. The van der Waals surface area contributed by atoms with E-state index in [0.29, 0.717) is 30.8 Å².